The first kappa shape index (κ1) is 20.9. The van der Waals surface area contributed by atoms with Gasteiger partial charge < -0.3 is 0 Å². The summed E-state index contributed by atoms with van der Waals surface area (Å²) in [5.74, 6) is 0. The molecule has 0 amide bonds. The smallest absolute Gasteiger partial charge is 0.203 e. The SMILES string of the molecule is C/C(=N\Nc1nc(-c2ccc(-c3ccccc3)cc2)cs1)c1ccc(Cl)c(Cl)c1Cl. The lowest BCUT2D eigenvalue weighted by Gasteiger charge is -2.07. The topological polar surface area (TPSA) is 37.3 Å². The highest BCUT2D eigenvalue weighted by atomic mass is 35.5. The molecule has 0 unspecified atom stereocenters. The first-order valence-electron chi connectivity index (χ1n) is 9.08. The van der Waals surface area contributed by atoms with Crippen molar-refractivity contribution in [2.75, 3.05) is 5.43 Å². The average Bonchev–Trinajstić information content (AvgIpc) is 3.26. The summed E-state index contributed by atoms with van der Waals surface area (Å²) in [7, 11) is 0. The zero-order valence-electron chi connectivity index (χ0n) is 15.9. The Morgan fingerprint density at radius 3 is 2.23 bits per heavy atom. The molecule has 0 fully saturated rings. The summed E-state index contributed by atoms with van der Waals surface area (Å²) >= 11 is 19.9. The Labute approximate surface area is 194 Å². The Hall–Kier alpha value is -2.37. The Morgan fingerprint density at radius 1 is 0.833 bits per heavy atom. The third kappa shape index (κ3) is 4.52. The molecule has 30 heavy (non-hydrogen) atoms. The lowest BCUT2D eigenvalue weighted by molar-refractivity contribution is 1.27. The third-order valence-corrected chi connectivity index (χ3v) is 6.58. The van der Waals surface area contributed by atoms with E-state index in [1.165, 1.54) is 22.5 Å². The molecule has 4 aromatic rings. The molecule has 1 N–H and O–H groups in total. The minimum absolute atomic E-state index is 0.320. The molecule has 3 nitrogen and oxygen atoms in total. The van der Waals surface area contributed by atoms with Gasteiger partial charge in [0.1, 0.15) is 0 Å². The van der Waals surface area contributed by atoms with Gasteiger partial charge in [-0.2, -0.15) is 5.10 Å². The Kier molecular flexibility index (Phi) is 6.40. The summed E-state index contributed by atoms with van der Waals surface area (Å²) < 4.78 is 0. The molecule has 1 heterocycles. The standard InChI is InChI=1S/C23H16Cl3N3S/c1-14(18-11-12-19(24)22(26)21(18)25)28-29-23-27-20(13-30-23)17-9-7-16(8-10-17)15-5-3-2-4-6-15/h2-13H,1H3,(H,27,29)/b28-14+. The highest BCUT2D eigenvalue weighted by Gasteiger charge is 2.11. The van der Waals surface area contributed by atoms with E-state index in [0.29, 0.717) is 31.5 Å². The van der Waals surface area contributed by atoms with E-state index in [-0.39, 0.29) is 0 Å². The summed E-state index contributed by atoms with van der Waals surface area (Å²) in [5.41, 5.74) is 8.69. The van der Waals surface area contributed by atoms with E-state index in [0.717, 1.165) is 11.3 Å². The van der Waals surface area contributed by atoms with Gasteiger partial charge in [0.2, 0.25) is 5.13 Å². The van der Waals surface area contributed by atoms with Crippen LogP contribution < -0.4 is 5.43 Å². The number of thiazole rings is 1. The monoisotopic (exact) mass is 471 g/mol. The van der Waals surface area contributed by atoms with Gasteiger partial charge in [-0.3, -0.25) is 5.43 Å². The molecule has 0 aliphatic heterocycles. The van der Waals surface area contributed by atoms with Crippen LogP contribution in [-0.4, -0.2) is 10.7 Å². The van der Waals surface area contributed by atoms with Gasteiger partial charge in [-0.1, -0.05) is 95.5 Å². The number of benzene rings is 3. The maximum absolute atomic E-state index is 6.28. The number of hydrogen-bond donors (Lipinski definition) is 1. The fourth-order valence-corrected chi connectivity index (χ4v) is 4.25. The van der Waals surface area contributed by atoms with Crippen LogP contribution in [-0.2, 0) is 0 Å². The van der Waals surface area contributed by atoms with Crippen molar-refractivity contribution in [3.63, 3.8) is 0 Å². The van der Waals surface area contributed by atoms with E-state index in [1.807, 2.05) is 30.5 Å². The zero-order valence-corrected chi connectivity index (χ0v) is 18.9. The third-order valence-electron chi connectivity index (χ3n) is 4.54. The van der Waals surface area contributed by atoms with Gasteiger partial charge in [0.15, 0.2) is 0 Å². The summed E-state index contributed by atoms with van der Waals surface area (Å²) in [5, 5.41) is 8.18. The molecule has 7 heteroatoms. The number of halogens is 3. The van der Waals surface area contributed by atoms with Gasteiger partial charge >= 0.3 is 0 Å². The molecular weight excluding hydrogens is 457 g/mol. The van der Waals surface area contributed by atoms with Gasteiger partial charge in [-0.05, 0) is 24.1 Å². The molecule has 0 radical (unpaired) electrons. The van der Waals surface area contributed by atoms with Gasteiger partial charge in [-0.25, -0.2) is 4.98 Å². The maximum Gasteiger partial charge on any atom is 0.203 e. The Bertz CT molecular complexity index is 1200. The zero-order chi connectivity index (χ0) is 21.1. The number of aromatic nitrogens is 1. The van der Waals surface area contributed by atoms with Crippen LogP contribution in [0.3, 0.4) is 0 Å². The number of hydrogen-bond acceptors (Lipinski definition) is 4. The minimum atomic E-state index is 0.320. The number of anilines is 1. The minimum Gasteiger partial charge on any atom is -0.252 e. The highest BCUT2D eigenvalue weighted by molar-refractivity contribution is 7.14. The Morgan fingerprint density at radius 2 is 1.50 bits per heavy atom. The molecular formula is C23H16Cl3N3S. The molecule has 0 saturated heterocycles. The van der Waals surface area contributed by atoms with Crippen molar-refractivity contribution in [3.8, 4) is 22.4 Å². The summed E-state index contributed by atoms with van der Waals surface area (Å²) in [6, 6.07) is 22.1. The van der Waals surface area contributed by atoms with Crippen LogP contribution >= 0.6 is 46.1 Å². The van der Waals surface area contributed by atoms with Gasteiger partial charge in [0, 0.05) is 16.5 Å². The van der Waals surface area contributed by atoms with E-state index in [2.05, 4.69) is 51.9 Å². The lowest BCUT2D eigenvalue weighted by Crippen LogP contribution is -2.01. The van der Waals surface area contributed by atoms with Crippen molar-refractivity contribution in [1.82, 2.24) is 4.98 Å². The molecule has 0 aliphatic rings. The van der Waals surface area contributed by atoms with Gasteiger partial charge in [-0.15, -0.1) is 11.3 Å². The molecule has 0 bridgehead atoms. The first-order chi connectivity index (χ1) is 14.5. The van der Waals surface area contributed by atoms with Gasteiger partial charge in [0.25, 0.3) is 0 Å². The van der Waals surface area contributed by atoms with E-state index < -0.39 is 0 Å². The van der Waals surface area contributed by atoms with Crippen LogP contribution in [0.4, 0.5) is 5.13 Å². The van der Waals surface area contributed by atoms with Crippen molar-refractivity contribution in [3.05, 3.63) is 92.7 Å². The molecule has 0 saturated carbocycles. The number of nitrogens with one attached hydrogen (secondary N) is 1. The van der Waals surface area contributed by atoms with E-state index in [1.54, 1.807) is 12.1 Å². The fraction of sp³-hybridized carbons (Fsp3) is 0.0435. The summed E-state index contributed by atoms with van der Waals surface area (Å²) in [6.45, 7) is 1.84. The van der Waals surface area contributed by atoms with Gasteiger partial charge in [0.05, 0.1) is 26.5 Å². The van der Waals surface area contributed by atoms with Crippen LogP contribution in [0, 0.1) is 0 Å². The molecule has 3 aromatic carbocycles. The normalized spacial score (nSPS) is 11.5. The quantitative estimate of drug-likeness (QED) is 0.180. The second-order valence-corrected chi connectivity index (χ2v) is 8.53. The predicted molar refractivity (Wildman–Crippen MR) is 130 cm³/mol. The van der Waals surface area contributed by atoms with Crippen LogP contribution in [0.5, 0.6) is 0 Å². The molecule has 150 valence electrons. The maximum atomic E-state index is 6.28. The van der Waals surface area contributed by atoms with E-state index in [4.69, 9.17) is 34.8 Å². The Balaban J connectivity index is 1.49. The van der Waals surface area contributed by atoms with E-state index >= 15 is 0 Å². The number of rotatable bonds is 5. The van der Waals surface area contributed by atoms with Crippen LogP contribution in [0.1, 0.15) is 12.5 Å². The highest BCUT2D eigenvalue weighted by Crippen LogP contribution is 2.33. The second kappa shape index (κ2) is 9.19. The molecule has 0 aliphatic carbocycles. The average molecular weight is 473 g/mol. The molecule has 0 spiro atoms. The molecule has 0 atom stereocenters. The van der Waals surface area contributed by atoms with Crippen LogP contribution in [0.15, 0.2) is 77.2 Å². The summed E-state index contributed by atoms with van der Waals surface area (Å²) in [4.78, 5) is 4.62. The molecule has 1 aromatic heterocycles. The number of hydrazone groups is 1. The van der Waals surface area contributed by atoms with Crippen molar-refractivity contribution in [2.45, 2.75) is 6.92 Å². The lowest BCUT2D eigenvalue weighted by atomic mass is 10.0. The van der Waals surface area contributed by atoms with Crippen molar-refractivity contribution in [2.24, 2.45) is 5.10 Å². The fourth-order valence-electron chi connectivity index (χ4n) is 2.92. The van der Waals surface area contributed by atoms with Crippen molar-refractivity contribution in [1.29, 1.82) is 0 Å². The second-order valence-electron chi connectivity index (χ2n) is 6.51. The predicted octanol–water partition coefficient (Wildman–Crippen LogP) is 8.27. The van der Waals surface area contributed by atoms with Crippen LogP contribution in [0.2, 0.25) is 15.1 Å². The van der Waals surface area contributed by atoms with Crippen molar-refractivity contribution < 1.29 is 0 Å². The first-order valence-corrected chi connectivity index (χ1v) is 11.1. The number of nitrogens with zero attached hydrogens (tertiary/aromatic N) is 2. The summed E-state index contributed by atoms with van der Waals surface area (Å²) in [6.07, 6.45) is 0. The molecule has 4 rings (SSSR count). The van der Waals surface area contributed by atoms with Crippen molar-refractivity contribution >= 4 is 57.0 Å². The van der Waals surface area contributed by atoms with Crippen LogP contribution in [0.25, 0.3) is 22.4 Å². The van der Waals surface area contributed by atoms with E-state index in [9.17, 15) is 0 Å². The largest absolute Gasteiger partial charge is 0.252 e.